The molecule has 8 heteroatoms. The summed E-state index contributed by atoms with van der Waals surface area (Å²) in [5.41, 5.74) is 9.33. The highest BCUT2D eigenvalue weighted by atomic mass is 19.1. The second-order valence-electron chi connectivity index (χ2n) is 7.56. The van der Waals surface area contributed by atoms with Crippen molar-refractivity contribution in [2.24, 2.45) is 0 Å². The Kier molecular flexibility index (Phi) is 5.18. The smallest absolute Gasteiger partial charge is 0.257 e. The molecular weight excluding hydrogens is 424 g/mol. The zero-order chi connectivity index (χ0) is 22.9. The van der Waals surface area contributed by atoms with Gasteiger partial charge in [-0.3, -0.25) is 9.36 Å². The summed E-state index contributed by atoms with van der Waals surface area (Å²) in [6.45, 7) is 0.201. The van der Waals surface area contributed by atoms with Crippen LogP contribution in [-0.4, -0.2) is 27.0 Å². The Morgan fingerprint density at radius 2 is 1.67 bits per heavy atom. The minimum absolute atomic E-state index is 0.0919. The van der Waals surface area contributed by atoms with E-state index in [1.54, 1.807) is 42.5 Å². The minimum atomic E-state index is -0.464. The number of nitrogens with zero attached hydrogens (tertiary/aromatic N) is 3. The molecule has 0 saturated heterocycles. The molecule has 0 aliphatic heterocycles. The highest BCUT2D eigenvalue weighted by molar-refractivity contribution is 6.11. The molecule has 2 aromatic heterocycles. The van der Waals surface area contributed by atoms with Gasteiger partial charge in [0, 0.05) is 6.54 Å². The zero-order valence-electron chi connectivity index (χ0n) is 17.4. The summed E-state index contributed by atoms with van der Waals surface area (Å²) in [6.07, 6.45) is 0.315. The molecule has 164 valence electrons. The SMILES string of the molecule is Nc1c(C(=O)NCCc2ccccc2F)c2nc3ccccc3nc2n1-c1cccc(F)c1. The number of nitrogens with two attached hydrogens (primary N) is 1. The molecule has 5 aromatic rings. The van der Waals surface area contributed by atoms with Gasteiger partial charge in [-0.05, 0) is 48.4 Å². The van der Waals surface area contributed by atoms with E-state index in [2.05, 4.69) is 15.3 Å². The van der Waals surface area contributed by atoms with E-state index >= 15 is 0 Å². The maximum atomic E-state index is 14.0. The van der Waals surface area contributed by atoms with Gasteiger partial charge in [-0.1, -0.05) is 36.4 Å². The van der Waals surface area contributed by atoms with E-state index < -0.39 is 11.7 Å². The lowest BCUT2D eigenvalue weighted by Crippen LogP contribution is -2.26. The van der Waals surface area contributed by atoms with Crippen LogP contribution in [-0.2, 0) is 6.42 Å². The van der Waals surface area contributed by atoms with E-state index in [9.17, 15) is 13.6 Å². The predicted octanol–water partition coefficient (Wildman–Crippen LogP) is 4.41. The normalized spacial score (nSPS) is 11.2. The molecule has 0 spiro atoms. The monoisotopic (exact) mass is 443 g/mol. The number of para-hydroxylation sites is 2. The Balaban J connectivity index is 1.58. The first-order chi connectivity index (χ1) is 16.0. The second-order valence-corrected chi connectivity index (χ2v) is 7.56. The van der Waals surface area contributed by atoms with Gasteiger partial charge in [0.25, 0.3) is 5.91 Å². The van der Waals surface area contributed by atoms with E-state index in [0.29, 0.717) is 39.9 Å². The second kappa shape index (κ2) is 8.31. The lowest BCUT2D eigenvalue weighted by molar-refractivity contribution is 0.0956. The Labute approximate surface area is 187 Å². The van der Waals surface area contributed by atoms with Gasteiger partial charge in [-0.15, -0.1) is 0 Å². The fourth-order valence-electron chi connectivity index (χ4n) is 3.86. The summed E-state index contributed by atoms with van der Waals surface area (Å²) in [7, 11) is 0. The summed E-state index contributed by atoms with van der Waals surface area (Å²) < 4.78 is 29.4. The Bertz CT molecular complexity index is 1510. The number of fused-ring (bicyclic) bond motifs is 2. The van der Waals surface area contributed by atoms with Crippen molar-refractivity contribution in [2.75, 3.05) is 12.3 Å². The number of hydrogen-bond acceptors (Lipinski definition) is 4. The molecule has 6 nitrogen and oxygen atoms in total. The summed E-state index contributed by atoms with van der Waals surface area (Å²) in [4.78, 5) is 22.4. The van der Waals surface area contributed by atoms with Crippen LogP contribution in [0.4, 0.5) is 14.6 Å². The number of anilines is 1. The Hall–Kier alpha value is -4.33. The predicted molar refractivity (Wildman–Crippen MR) is 123 cm³/mol. The summed E-state index contributed by atoms with van der Waals surface area (Å²) >= 11 is 0. The number of amides is 1. The van der Waals surface area contributed by atoms with Crippen LogP contribution in [0.3, 0.4) is 0 Å². The van der Waals surface area contributed by atoms with Gasteiger partial charge in [0.15, 0.2) is 5.65 Å². The van der Waals surface area contributed by atoms with Crippen LogP contribution in [0.1, 0.15) is 15.9 Å². The number of carbonyl (C=O) groups excluding carboxylic acids is 1. The molecule has 0 aliphatic rings. The lowest BCUT2D eigenvalue weighted by atomic mass is 10.1. The van der Waals surface area contributed by atoms with Crippen molar-refractivity contribution in [3.8, 4) is 5.69 Å². The van der Waals surface area contributed by atoms with Gasteiger partial charge in [0.1, 0.15) is 28.5 Å². The molecule has 5 rings (SSSR count). The largest absolute Gasteiger partial charge is 0.384 e. The topological polar surface area (TPSA) is 85.8 Å². The molecule has 3 aromatic carbocycles. The van der Waals surface area contributed by atoms with Gasteiger partial charge in [0.2, 0.25) is 0 Å². The molecule has 0 unspecified atom stereocenters. The molecular formula is C25H19F2N5O. The molecule has 0 saturated carbocycles. The van der Waals surface area contributed by atoms with Gasteiger partial charge < -0.3 is 11.1 Å². The van der Waals surface area contributed by atoms with Crippen LogP contribution in [0, 0.1) is 11.6 Å². The van der Waals surface area contributed by atoms with Crippen LogP contribution in [0.15, 0.2) is 72.8 Å². The van der Waals surface area contributed by atoms with Crippen LogP contribution < -0.4 is 11.1 Å². The van der Waals surface area contributed by atoms with Crippen molar-refractivity contribution in [1.29, 1.82) is 0 Å². The molecule has 33 heavy (non-hydrogen) atoms. The average molecular weight is 443 g/mol. The van der Waals surface area contributed by atoms with Gasteiger partial charge in [-0.2, -0.15) is 0 Å². The summed E-state index contributed by atoms with van der Waals surface area (Å²) in [5.74, 6) is -1.15. The van der Waals surface area contributed by atoms with Crippen LogP contribution in [0.25, 0.3) is 27.9 Å². The number of halogens is 2. The van der Waals surface area contributed by atoms with Crippen molar-refractivity contribution < 1.29 is 13.6 Å². The minimum Gasteiger partial charge on any atom is -0.384 e. The standard InChI is InChI=1S/C25H19F2N5O/c26-16-7-5-8-17(14-16)32-23(28)21(22-24(32)31-20-11-4-3-10-19(20)30-22)25(33)29-13-12-15-6-1-2-9-18(15)27/h1-11,14H,12-13,28H2,(H,29,33). The number of aromatic nitrogens is 3. The van der Waals surface area contributed by atoms with E-state index in [1.807, 2.05) is 12.1 Å². The van der Waals surface area contributed by atoms with E-state index in [0.717, 1.165) is 0 Å². The van der Waals surface area contributed by atoms with Crippen molar-refractivity contribution in [3.63, 3.8) is 0 Å². The molecule has 0 fully saturated rings. The first-order valence-electron chi connectivity index (χ1n) is 10.4. The zero-order valence-corrected chi connectivity index (χ0v) is 17.4. The fourth-order valence-corrected chi connectivity index (χ4v) is 3.86. The summed E-state index contributed by atoms with van der Waals surface area (Å²) in [5, 5.41) is 2.79. The molecule has 0 bridgehead atoms. The molecule has 0 aliphatic carbocycles. The Morgan fingerprint density at radius 3 is 2.42 bits per heavy atom. The lowest BCUT2D eigenvalue weighted by Gasteiger charge is -2.08. The van der Waals surface area contributed by atoms with Gasteiger partial charge in [-0.25, -0.2) is 18.7 Å². The van der Waals surface area contributed by atoms with Crippen LogP contribution in [0.2, 0.25) is 0 Å². The number of nitrogen functional groups attached to an aromatic ring is 1. The van der Waals surface area contributed by atoms with Crippen molar-refractivity contribution >= 4 is 33.9 Å². The van der Waals surface area contributed by atoms with Crippen molar-refractivity contribution in [1.82, 2.24) is 19.9 Å². The third-order valence-corrected chi connectivity index (χ3v) is 5.43. The number of carbonyl (C=O) groups is 1. The number of hydrogen-bond donors (Lipinski definition) is 2. The van der Waals surface area contributed by atoms with Crippen molar-refractivity contribution in [3.05, 3.63) is 95.6 Å². The maximum Gasteiger partial charge on any atom is 0.257 e. The van der Waals surface area contributed by atoms with Gasteiger partial charge >= 0.3 is 0 Å². The summed E-state index contributed by atoms with van der Waals surface area (Å²) in [6, 6.07) is 19.5. The third-order valence-electron chi connectivity index (χ3n) is 5.43. The van der Waals surface area contributed by atoms with E-state index in [-0.39, 0.29) is 23.7 Å². The van der Waals surface area contributed by atoms with Gasteiger partial charge in [0.05, 0.1) is 16.7 Å². The van der Waals surface area contributed by atoms with E-state index in [1.165, 1.54) is 22.8 Å². The van der Waals surface area contributed by atoms with Crippen molar-refractivity contribution in [2.45, 2.75) is 6.42 Å². The quantitative estimate of drug-likeness (QED) is 0.421. The van der Waals surface area contributed by atoms with Crippen LogP contribution in [0.5, 0.6) is 0 Å². The molecule has 0 radical (unpaired) electrons. The van der Waals surface area contributed by atoms with Crippen LogP contribution >= 0.6 is 0 Å². The molecule has 0 atom stereocenters. The molecule has 2 heterocycles. The number of benzene rings is 3. The first kappa shape index (κ1) is 20.6. The molecule has 1 amide bonds. The highest BCUT2D eigenvalue weighted by Gasteiger charge is 2.24. The number of rotatable bonds is 5. The first-order valence-corrected chi connectivity index (χ1v) is 10.4. The fraction of sp³-hybridized carbons (Fsp3) is 0.0800. The maximum absolute atomic E-state index is 14.0. The Morgan fingerprint density at radius 1 is 0.939 bits per heavy atom. The average Bonchev–Trinajstić information content (AvgIpc) is 3.09. The molecule has 3 N–H and O–H groups in total. The highest BCUT2D eigenvalue weighted by Crippen LogP contribution is 2.31. The number of nitrogens with one attached hydrogen (secondary N) is 1. The third kappa shape index (κ3) is 3.76. The van der Waals surface area contributed by atoms with E-state index in [4.69, 9.17) is 5.73 Å².